The number of likely N-dealkylation sites (N-methyl/N-ethyl adjacent to an activating group) is 1. The molecular formula is C30H27N3. The van der Waals surface area contributed by atoms with Crippen molar-refractivity contribution < 1.29 is 0 Å². The van der Waals surface area contributed by atoms with E-state index in [1.807, 2.05) is 18.2 Å². The highest BCUT2D eigenvalue weighted by Gasteiger charge is 2.38. The first kappa shape index (κ1) is 19.8. The molecule has 1 aliphatic heterocycles. The third-order valence-corrected chi connectivity index (χ3v) is 7.16. The van der Waals surface area contributed by atoms with Crippen LogP contribution in [0.2, 0.25) is 0 Å². The molecule has 0 amide bonds. The summed E-state index contributed by atoms with van der Waals surface area (Å²) in [4.78, 5) is 7.16. The number of nitrogens with zero attached hydrogens (tertiary/aromatic N) is 3. The Balaban J connectivity index is 1.77. The first-order valence-corrected chi connectivity index (χ1v) is 11.5. The second-order valence-corrected chi connectivity index (χ2v) is 9.39. The molecule has 3 aromatic carbocycles. The number of allylic oxidation sites excluding steroid dienone is 3. The van der Waals surface area contributed by atoms with Gasteiger partial charge in [0.05, 0.1) is 17.6 Å². The molecule has 0 saturated carbocycles. The quantitative estimate of drug-likeness (QED) is 0.298. The van der Waals surface area contributed by atoms with Gasteiger partial charge < -0.3 is 4.90 Å². The molecule has 0 radical (unpaired) electrons. The zero-order valence-corrected chi connectivity index (χ0v) is 19.3. The van der Waals surface area contributed by atoms with Crippen LogP contribution in [0.15, 0.2) is 102 Å². The van der Waals surface area contributed by atoms with E-state index in [4.69, 9.17) is 4.99 Å². The molecule has 3 heteroatoms. The zero-order valence-electron chi connectivity index (χ0n) is 19.3. The molecule has 2 heterocycles. The van der Waals surface area contributed by atoms with Crippen molar-refractivity contribution in [1.29, 1.82) is 0 Å². The van der Waals surface area contributed by atoms with Crippen molar-refractivity contribution in [3.05, 3.63) is 108 Å². The van der Waals surface area contributed by atoms with Crippen molar-refractivity contribution in [3.8, 4) is 11.1 Å². The fraction of sp³-hybridized carbons (Fsp3) is 0.167. The van der Waals surface area contributed by atoms with E-state index in [-0.39, 0.29) is 5.41 Å². The predicted octanol–water partition coefficient (Wildman–Crippen LogP) is 6.88. The molecule has 3 nitrogen and oxygen atoms in total. The van der Waals surface area contributed by atoms with Gasteiger partial charge in [-0.2, -0.15) is 0 Å². The standard InChI is InChI=1S/C30H27N3/c1-20-12-6-5-11-19-31-29(32(20)4)33-26-16-10-8-14-22(26)24-18-17-23-21-13-7-9-15-25(21)30(2,3)27(23)28(24)33/h5-18H,1,19H2,2-4H3/b11-5-,12-6-,31-29?. The second-order valence-electron chi connectivity index (χ2n) is 9.39. The van der Waals surface area contributed by atoms with Crippen molar-refractivity contribution in [2.45, 2.75) is 19.3 Å². The fourth-order valence-electron chi connectivity index (χ4n) is 5.53. The first-order valence-electron chi connectivity index (χ1n) is 11.5. The smallest absolute Gasteiger partial charge is 0.210 e. The third-order valence-electron chi connectivity index (χ3n) is 7.16. The molecule has 0 N–H and O–H groups in total. The van der Waals surface area contributed by atoms with E-state index in [9.17, 15) is 0 Å². The monoisotopic (exact) mass is 429 g/mol. The SMILES string of the molecule is C=C1/C=C\C=C/CN=C(n2c3ccccc3c3ccc4c(c32)C(C)(C)c2ccccc2-4)N1C. The van der Waals surface area contributed by atoms with Gasteiger partial charge in [-0.3, -0.25) is 4.57 Å². The third kappa shape index (κ3) is 2.72. The average Bonchev–Trinajstić information content (AvgIpc) is 3.29. The summed E-state index contributed by atoms with van der Waals surface area (Å²) in [6, 6.07) is 22.1. The van der Waals surface area contributed by atoms with E-state index in [1.165, 1.54) is 44.1 Å². The van der Waals surface area contributed by atoms with E-state index in [2.05, 4.69) is 104 Å². The van der Waals surface area contributed by atoms with E-state index < -0.39 is 0 Å². The van der Waals surface area contributed by atoms with Crippen LogP contribution in [-0.2, 0) is 5.41 Å². The van der Waals surface area contributed by atoms with Crippen LogP contribution in [0.1, 0.15) is 25.0 Å². The maximum atomic E-state index is 5.06. The van der Waals surface area contributed by atoms with Crippen LogP contribution in [-0.4, -0.2) is 29.0 Å². The van der Waals surface area contributed by atoms with Gasteiger partial charge in [-0.1, -0.05) is 93.3 Å². The Morgan fingerprint density at radius 1 is 0.879 bits per heavy atom. The van der Waals surface area contributed by atoms with Crippen molar-refractivity contribution in [1.82, 2.24) is 9.47 Å². The van der Waals surface area contributed by atoms with Crippen LogP contribution >= 0.6 is 0 Å². The Morgan fingerprint density at radius 2 is 1.67 bits per heavy atom. The highest BCUT2D eigenvalue weighted by molar-refractivity contribution is 6.17. The first-order chi connectivity index (χ1) is 16.0. The van der Waals surface area contributed by atoms with Crippen molar-refractivity contribution in [3.63, 3.8) is 0 Å². The highest BCUT2D eigenvalue weighted by atomic mass is 15.3. The number of aromatic nitrogens is 1. The van der Waals surface area contributed by atoms with Gasteiger partial charge in [-0.25, -0.2) is 4.99 Å². The number of para-hydroxylation sites is 1. The summed E-state index contributed by atoms with van der Waals surface area (Å²) in [6.07, 6.45) is 8.19. The number of benzene rings is 3. The number of hydrogen-bond donors (Lipinski definition) is 0. The summed E-state index contributed by atoms with van der Waals surface area (Å²) >= 11 is 0. The van der Waals surface area contributed by atoms with Gasteiger partial charge >= 0.3 is 0 Å². The fourth-order valence-corrected chi connectivity index (χ4v) is 5.53. The lowest BCUT2D eigenvalue weighted by Gasteiger charge is -2.27. The Hall–Kier alpha value is -3.85. The topological polar surface area (TPSA) is 20.5 Å². The lowest BCUT2D eigenvalue weighted by Crippen LogP contribution is -2.32. The van der Waals surface area contributed by atoms with Gasteiger partial charge in [0.1, 0.15) is 0 Å². The summed E-state index contributed by atoms with van der Waals surface area (Å²) in [5.74, 6) is 0.891. The largest absolute Gasteiger partial charge is 0.316 e. The minimum absolute atomic E-state index is 0.119. The molecular weight excluding hydrogens is 402 g/mol. The normalized spacial score (nSPS) is 18.9. The maximum absolute atomic E-state index is 5.06. The van der Waals surface area contributed by atoms with Gasteiger partial charge in [0.2, 0.25) is 5.96 Å². The molecule has 1 aromatic heterocycles. The van der Waals surface area contributed by atoms with Crippen LogP contribution in [0, 0.1) is 0 Å². The number of rotatable bonds is 0. The van der Waals surface area contributed by atoms with Gasteiger partial charge in [-0.05, 0) is 34.4 Å². The lowest BCUT2D eigenvalue weighted by atomic mass is 9.81. The zero-order chi connectivity index (χ0) is 22.7. The summed E-state index contributed by atoms with van der Waals surface area (Å²) in [6.45, 7) is 9.61. The predicted molar refractivity (Wildman–Crippen MR) is 140 cm³/mol. The number of hydrogen-bond acceptors (Lipinski definition) is 2. The lowest BCUT2D eigenvalue weighted by molar-refractivity contribution is 0.622. The molecule has 162 valence electrons. The molecule has 6 rings (SSSR count). The second kappa shape index (κ2) is 7.08. The molecule has 4 aromatic rings. The van der Waals surface area contributed by atoms with E-state index >= 15 is 0 Å². The summed E-state index contributed by atoms with van der Waals surface area (Å²) < 4.78 is 2.36. The van der Waals surface area contributed by atoms with Gasteiger partial charge in [-0.15, -0.1) is 0 Å². The molecule has 0 fully saturated rings. The minimum Gasteiger partial charge on any atom is -0.316 e. The van der Waals surface area contributed by atoms with E-state index in [0.29, 0.717) is 6.54 Å². The summed E-state index contributed by atoms with van der Waals surface area (Å²) in [5, 5.41) is 2.51. The van der Waals surface area contributed by atoms with Gasteiger partial charge in [0.15, 0.2) is 0 Å². The highest BCUT2D eigenvalue weighted by Crippen LogP contribution is 2.52. The molecule has 0 spiro atoms. The molecule has 33 heavy (non-hydrogen) atoms. The van der Waals surface area contributed by atoms with Gasteiger partial charge in [0.25, 0.3) is 0 Å². The number of aliphatic imine (C=N–C) groups is 1. The van der Waals surface area contributed by atoms with Crippen LogP contribution in [0.5, 0.6) is 0 Å². The molecule has 0 atom stereocenters. The van der Waals surface area contributed by atoms with E-state index in [1.54, 1.807) is 0 Å². The van der Waals surface area contributed by atoms with Crippen molar-refractivity contribution >= 4 is 27.8 Å². The Kier molecular flexibility index (Phi) is 4.25. The Morgan fingerprint density at radius 3 is 2.55 bits per heavy atom. The Labute approximate surface area is 194 Å². The van der Waals surface area contributed by atoms with Crippen LogP contribution in [0.3, 0.4) is 0 Å². The number of fused-ring (bicyclic) bond motifs is 7. The summed E-state index contributed by atoms with van der Waals surface area (Å²) in [5.41, 5.74) is 8.58. The molecule has 0 saturated heterocycles. The van der Waals surface area contributed by atoms with Crippen LogP contribution in [0.4, 0.5) is 0 Å². The molecule has 0 unspecified atom stereocenters. The van der Waals surface area contributed by atoms with Gasteiger partial charge in [0, 0.05) is 28.9 Å². The van der Waals surface area contributed by atoms with Crippen molar-refractivity contribution in [2.75, 3.05) is 13.6 Å². The summed E-state index contributed by atoms with van der Waals surface area (Å²) in [7, 11) is 2.06. The Bertz CT molecular complexity index is 1540. The van der Waals surface area contributed by atoms with Crippen LogP contribution in [0.25, 0.3) is 32.9 Å². The molecule has 0 bridgehead atoms. The van der Waals surface area contributed by atoms with E-state index in [0.717, 1.165) is 11.7 Å². The maximum Gasteiger partial charge on any atom is 0.210 e. The van der Waals surface area contributed by atoms with Crippen LogP contribution < -0.4 is 0 Å². The van der Waals surface area contributed by atoms with Crippen molar-refractivity contribution in [2.24, 2.45) is 4.99 Å². The minimum atomic E-state index is -0.119. The molecule has 1 aliphatic carbocycles. The molecule has 2 aliphatic rings. The average molecular weight is 430 g/mol.